The molecule has 0 aromatic carbocycles. The van der Waals surface area contributed by atoms with Gasteiger partial charge in [-0.3, -0.25) is 0 Å². The fourth-order valence-corrected chi connectivity index (χ4v) is 4.99. The molecule has 1 aliphatic heterocycles. The Morgan fingerprint density at radius 1 is 1.32 bits per heavy atom. The van der Waals surface area contributed by atoms with Gasteiger partial charge in [0.25, 0.3) is 10.2 Å². The van der Waals surface area contributed by atoms with E-state index in [-0.39, 0.29) is 6.04 Å². The van der Waals surface area contributed by atoms with Crippen LogP contribution in [0, 0.1) is 0 Å². The van der Waals surface area contributed by atoms with E-state index in [1.54, 1.807) is 11.4 Å². The summed E-state index contributed by atoms with van der Waals surface area (Å²) in [6.07, 6.45) is 4.47. The Morgan fingerprint density at radius 3 is 2.32 bits per heavy atom. The van der Waals surface area contributed by atoms with Gasteiger partial charge in [0.1, 0.15) is 0 Å². The van der Waals surface area contributed by atoms with Crippen LogP contribution in [0.2, 0.25) is 0 Å². The molecule has 0 aromatic heterocycles. The van der Waals surface area contributed by atoms with Crippen molar-refractivity contribution >= 4 is 10.2 Å². The first-order valence-corrected chi connectivity index (χ1v) is 8.71. The largest absolute Gasteiger partial charge is 0.329 e. The van der Waals surface area contributed by atoms with Crippen LogP contribution < -0.4 is 5.73 Å². The third kappa shape index (κ3) is 3.12. The predicted molar refractivity (Wildman–Crippen MR) is 79.1 cm³/mol. The van der Waals surface area contributed by atoms with Crippen LogP contribution in [-0.2, 0) is 10.2 Å². The van der Waals surface area contributed by atoms with E-state index in [4.69, 9.17) is 5.73 Å². The second-order valence-corrected chi connectivity index (χ2v) is 7.48. The van der Waals surface area contributed by atoms with E-state index in [0.29, 0.717) is 13.1 Å². The molecule has 1 rings (SSSR count). The molecule has 1 aliphatic rings. The van der Waals surface area contributed by atoms with Crippen LogP contribution in [-0.4, -0.2) is 48.7 Å². The van der Waals surface area contributed by atoms with Crippen LogP contribution in [0.3, 0.4) is 0 Å². The summed E-state index contributed by atoms with van der Waals surface area (Å²) in [4.78, 5) is 0. The molecule has 0 saturated carbocycles. The number of nitrogens with two attached hydrogens (primary N) is 1. The lowest BCUT2D eigenvalue weighted by Crippen LogP contribution is -2.59. The number of rotatable bonds is 6. The van der Waals surface area contributed by atoms with Crippen LogP contribution in [0.15, 0.2) is 0 Å². The van der Waals surface area contributed by atoms with E-state index < -0.39 is 15.7 Å². The fraction of sp³-hybridized carbons (Fsp3) is 1.00. The second-order valence-electron chi connectivity index (χ2n) is 5.57. The normalized spacial score (nSPS) is 22.9. The molecule has 1 saturated heterocycles. The molecule has 1 unspecified atom stereocenters. The van der Waals surface area contributed by atoms with Gasteiger partial charge in [0.2, 0.25) is 0 Å². The minimum Gasteiger partial charge on any atom is -0.329 e. The summed E-state index contributed by atoms with van der Waals surface area (Å²) < 4.78 is 28.8. The van der Waals surface area contributed by atoms with Crippen molar-refractivity contribution < 1.29 is 8.42 Å². The standard InChI is InChI=1S/C13H29N3O2S/c1-5-13(6-2,11-14)15(4)19(17,18)16-10-8-7-9-12(16)3/h12H,5-11,14H2,1-4H3. The molecule has 114 valence electrons. The molecule has 2 N–H and O–H groups in total. The first kappa shape index (κ1) is 16.9. The highest BCUT2D eigenvalue weighted by Gasteiger charge is 2.42. The molecule has 6 heteroatoms. The highest BCUT2D eigenvalue weighted by molar-refractivity contribution is 7.86. The maximum absolute atomic E-state index is 12.8. The van der Waals surface area contributed by atoms with Gasteiger partial charge in [-0.15, -0.1) is 0 Å². The summed E-state index contributed by atoms with van der Waals surface area (Å²) in [5.74, 6) is 0. The topological polar surface area (TPSA) is 66.6 Å². The van der Waals surface area contributed by atoms with Crippen molar-refractivity contribution in [1.82, 2.24) is 8.61 Å². The monoisotopic (exact) mass is 291 g/mol. The molecule has 0 aromatic rings. The van der Waals surface area contributed by atoms with Crippen LogP contribution >= 0.6 is 0 Å². The average Bonchev–Trinajstić information content (AvgIpc) is 2.41. The number of likely N-dealkylation sites (N-methyl/N-ethyl adjacent to an activating group) is 1. The van der Waals surface area contributed by atoms with E-state index in [9.17, 15) is 8.42 Å². The van der Waals surface area contributed by atoms with Crippen LogP contribution in [0.5, 0.6) is 0 Å². The number of hydrogen-bond donors (Lipinski definition) is 1. The fourth-order valence-electron chi connectivity index (χ4n) is 2.93. The van der Waals surface area contributed by atoms with Crippen molar-refractivity contribution in [2.24, 2.45) is 5.73 Å². The third-order valence-electron chi connectivity index (χ3n) is 4.75. The van der Waals surface area contributed by atoms with Crippen molar-refractivity contribution in [2.75, 3.05) is 20.1 Å². The van der Waals surface area contributed by atoms with Crippen molar-refractivity contribution in [3.8, 4) is 0 Å². The van der Waals surface area contributed by atoms with Crippen molar-refractivity contribution in [3.63, 3.8) is 0 Å². The van der Waals surface area contributed by atoms with Crippen LogP contribution in [0.1, 0.15) is 52.9 Å². The molecule has 5 nitrogen and oxygen atoms in total. The van der Waals surface area contributed by atoms with Gasteiger partial charge in [-0.25, -0.2) is 0 Å². The van der Waals surface area contributed by atoms with Gasteiger partial charge in [0.05, 0.1) is 0 Å². The van der Waals surface area contributed by atoms with Crippen LogP contribution in [0.25, 0.3) is 0 Å². The molecule has 19 heavy (non-hydrogen) atoms. The summed E-state index contributed by atoms with van der Waals surface area (Å²) in [5, 5.41) is 0. The van der Waals surface area contributed by atoms with Gasteiger partial charge in [-0.1, -0.05) is 20.3 Å². The van der Waals surface area contributed by atoms with Gasteiger partial charge in [0, 0.05) is 31.7 Å². The zero-order chi connectivity index (χ0) is 14.7. The molecule has 0 amide bonds. The van der Waals surface area contributed by atoms with E-state index in [1.165, 1.54) is 4.31 Å². The second kappa shape index (κ2) is 6.52. The van der Waals surface area contributed by atoms with Gasteiger partial charge >= 0.3 is 0 Å². The molecule has 1 atom stereocenters. The summed E-state index contributed by atoms with van der Waals surface area (Å²) in [6, 6.07) is 0.0883. The lowest BCUT2D eigenvalue weighted by molar-refractivity contribution is 0.176. The van der Waals surface area contributed by atoms with E-state index in [0.717, 1.165) is 32.1 Å². The molecule has 0 spiro atoms. The molecular formula is C13H29N3O2S. The van der Waals surface area contributed by atoms with Crippen molar-refractivity contribution in [1.29, 1.82) is 0 Å². The summed E-state index contributed by atoms with van der Waals surface area (Å²) in [6.45, 7) is 6.98. The minimum absolute atomic E-state index is 0.0883. The minimum atomic E-state index is -3.42. The Kier molecular flexibility index (Phi) is 5.79. The quantitative estimate of drug-likeness (QED) is 0.807. The first-order chi connectivity index (χ1) is 8.85. The highest BCUT2D eigenvalue weighted by Crippen LogP contribution is 2.29. The highest BCUT2D eigenvalue weighted by atomic mass is 32.2. The van der Waals surface area contributed by atoms with Gasteiger partial charge in [0.15, 0.2) is 0 Å². The Labute approximate surface area is 118 Å². The summed E-state index contributed by atoms with van der Waals surface area (Å²) in [7, 11) is -1.74. The molecule has 1 heterocycles. The Hall–Kier alpha value is -0.170. The lowest BCUT2D eigenvalue weighted by Gasteiger charge is -2.43. The zero-order valence-electron chi connectivity index (χ0n) is 12.7. The van der Waals surface area contributed by atoms with E-state index >= 15 is 0 Å². The Morgan fingerprint density at radius 2 is 1.89 bits per heavy atom. The van der Waals surface area contributed by atoms with Gasteiger partial charge < -0.3 is 5.73 Å². The maximum Gasteiger partial charge on any atom is 0.282 e. The van der Waals surface area contributed by atoms with Crippen molar-refractivity contribution in [2.45, 2.75) is 64.5 Å². The average molecular weight is 291 g/mol. The van der Waals surface area contributed by atoms with Crippen LogP contribution in [0.4, 0.5) is 0 Å². The summed E-state index contributed by atoms with van der Waals surface area (Å²) in [5.41, 5.74) is 5.40. The van der Waals surface area contributed by atoms with E-state index in [2.05, 4.69) is 0 Å². The first-order valence-electron chi connectivity index (χ1n) is 7.31. The summed E-state index contributed by atoms with van der Waals surface area (Å²) >= 11 is 0. The van der Waals surface area contributed by atoms with Crippen molar-refractivity contribution in [3.05, 3.63) is 0 Å². The number of nitrogens with zero attached hydrogens (tertiary/aromatic N) is 2. The predicted octanol–water partition coefficient (Wildman–Crippen LogP) is 1.55. The molecule has 1 fully saturated rings. The number of hydrogen-bond acceptors (Lipinski definition) is 3. The lowest BCUT2D eigenvalue weighted by atomic mass is 9.93. The molecule has 0 aliphatic carbocycles. The molecule has 0 radical (unpaired) electrons. The number of piperidine rings is 1. The molecule has 0 bridgehead atoms. The Balaban J connectivity index is 3.04. The maximum atomic E-state index is 12.8. The zero-order valence-corrected chi connectivity index (χ0v) is 13.5. The van der Waals surface area contributed by atoms with E-state index in [1.807, 2.05) is 20.8 Å². The SMILES string of the molecule is CCC(CC)(CN)N(C)S(=O)(=O)N1CCCCC1C. The van der Waals surface area contributed by atoms with Gasteiger partial charge in [-0.05, 0) is 32.6 Å². The van der Waals surface area contributed by atoms with Gasteiger partial charge in [-0.2, -0.15) is 17.0 Å². The Bertz CT molecular complexity index is 371. The smallest absolute Gasteiger partial charge is 0.282 e. The molecular weight excluding hydrogens is 262 g/mol. The third-order valence-corrected chi connectivity index (χ3v) is 6.96.